The molecule has 8 heteroatoms. The Kier molecular flexibility index (Phi) is 3.55. The number of rotatable bonds is 4. The Hall–Kier alpha value is -3.03. The first-order valence-corrected chi connectivity index (χ1v) is 8.91. The Morgan fingerprint density at radius 1 is 1.15 bits per heavy atom. The molecule has 0 aromatic carbocycles. The highest BCUT2D eigenvalue weighted by Gasteiger charge is 2.29. The van der Waals surface area contributed by atoms with Crippen LogP contribution in [0.4, 0.5) is 0 Å². The maximum Gasteiger partial charge on any atom is 0.274 e. The molecule has 2 aliphatic rings. The van der Waals surface area contributed by atoms with E-state index in [2.05, 4.69) is 20.1 Å². The van der Waals surface area contributed by atoms with Crippen LogP contribution in [0.5, 0.6) is 0 Å². The summed E-state index contributed by atoms with van der Waals surface area (Å²) >= 11 is 0. The van der Waals surface area contributed by atoms with E-state index in [9.17, 15) is 4.79 Å². The van der Waals surface area contributed by atoms with Gasteiger partial charge in [-0.1, -0.05) is 5.16 Å². The Morgan fingerprint density at radius 3 is 2.73 bits per heavy atom. The minimum absolute atomic E-state index is 0.0173. The lowest BCUT2D eigenvalue weighted by Crippen LogP contribution is -2.27. The predicted octanol–water partition coefficient (Wildman–Crippen LogP) is 2.43. The minimum Gasteiger partial charge on any atom is -0.337 e. The van der Waals surface area contributed by atoms with Gasteiger partial charge in [0.25, 0.3) is 11.8 Å². The lowest BCUT2D eigenvalue weighted by molar-refractivity contribution is 0.0787. The second-order valence-corrected chi connectivity index (χ2v) is 6.80. The third-order valence-electron chi connectivity index (χ3n) is 4.84. The number of hydrogen-bond acceptors (Lipinski definition) is 6. The molecule has 1 saturated carbocycles. The van der Waals surface area contributed by atoms with Crippen LogP contribution in [0.25, 0.3) is 17.3 Å². The summed E-state index contributed by atoms with van der Waals surface area (Å²) in [4.78, 5) is 27.3. The maximum absolute atomic E-state index is 12.4. The molecule has 8 nitrogen and oxygen atoms in total. The van der Waals surface area contributed by atoms with Crippen LogP contribution >= 0.6 is 0 Å². The molecule has 26 heavy (non-hydrogen) atoms. The lowest BCUT2D eigenvalue weighted by atomic mass is 10.3. The molecule has 3 aromatic heterocycles. The highest BCUT2D eigenvalue weighted by Crippen LogP contribution is 2.38. The fourth-order valence-corrected chi connectivity index (χ4v) is 3.17. The first-order valence-electron chi connectivity index (χ1n) is 8.91. The van der Waals surface area contributed by atoms with Gasteiger partial charge in [-0.3, -0.25) is 9.36 Å². The van der Waals surface area contributed by atoms with Crippen molar-refractivity contribution in [3.05, 3.63) is 42.4 Å². The number of aromatic nitrogens is 5. The molecular weight excluding hydrogens is 332 g/mol. The monoisotopic (exact) mass is 350 g/mol. The van der Waals surface area contributed by atoms with E-state index in [1.807, 2.05) is 17.0 Å². The predicted molar refractivity (Wildman–Crippen MR) is 91.8 cm³/mol. The fraction of sp³-hybridized carbons (Fsp3) is 0.389. The molecule has 0 radical (unpaired) electrons. The van der Waals surface area contributed by atoms with Gasteiger partial charge in [0, 0.05) is 31.4 Å². The molecule has 1 saturated heterocycles. The summed E-state index contributed by atoms with van der Waals surface area (Å²) in [6, 6.07) is 3.73. The van der Waals surface area contributed by atoms with Crippen LogP contribution < -0.4 is 0 Å². The molecule has 5 rings (SSSR count). The third kappa shape index (κ3) is 2.77. The Labute approximate surface area is 149 Å². The molecule has 1 aliphatic carbocycles. The maximum atomic E-state index is 12.4. The highest BCUT2D eigenvalue weighted by molar-refractivity contribution is 5.92. The summed E-state index contributed by atoms with van der Waals surface area (Å²) in [5, 5.41) is 4.02. The fourth-order valence-electron chi connectivity index (χ4n) is 3.17. The summed E-state index contributed by atoms with van der Waals surface area (Å²) in [6.45, 7) is 1.62. The van der Waals surface area contributed by atoms with Gasteiger partial charge in [0.15, 0.2) is 5.82 Å². The number of carbonyl (C=O) groups excluding carboxylic acids is 1. The van der Waals surface area contributed by atoms with Gasteiger partial charge in [0.05, 0.1) is 5.56 Å². The second-order valence-electron chi connectivity index (χ2n) is 6.80. The van der Waals surface area contributed by atoms with Gasteiger partial charge in [0.1, 0.15) is 17.8 Å². The average molecular weight is 350 g/mol. The van der Waals surface area contributed by atoms with Gasteiger partial charge in [-0.15, -0.1) is 0 Å². The van der Waals surface area contributed by atoms with Gasteiger partial charge in [-0.2, -0.15) is 4.98 Å². The minimum atomic E-state index is -0.0173. The molecule has 0 spiro atoms. The molecule has 1 aliphatic heterocycles. The van der Waals surface area contributed by atoms with Crippen molar-refractivity contribution in [1.82, 2.24) is 29.6 Å². The van der Waals surface area contributed by atoms with Crippen molar-refractivity contribution < 1.29 is 9.32 Å². The molecule has 0 N–H and O–H groups in total. The Balaban J connectivity index is 1.34. The third-order valence-corrected chi connectivity index (χ3v) is 4.84. The van der Waals surface area contributed by atoms with Crippen molar-refractivity contribution in [1.29, 1.82) is 0 Å². The van der Waals surface area contributed by atoms with E-state index in [0.29, 0.717) is 23.3 Å². The van der Waals surface area contributed by atoms with Crippen LogP contribution in [-0.4, -0.2) is 48.6 Å². The van der Waals surface area contributed by atoms with E-state index in [0.717, 1.165) is 50.2 Å². The number of likely N-dealkylation sites (tertiary alicyclic amines) is 1. The molecule has 4 heterocycles. The zero-order valence-electron chi connectivity index (χ0n) is 14.2. The van der Waals surface area contributed by atoms with Gasteiger partial charge < -0.3 is 9.42 Å². The van der Waals surface area contributed by atoms with Crippen molar-refractivity contribution in [2.24, 2.45) is 0 Å². The highest BCUT2D eigenvalue weighted by atomic mass is 16.5. The smallest absolute Gasteiger partial charge is 0.274 e. The molecule has 2 fully saturated rings. The number of carbonyl (C=O) groups is 1. The largest absolute Gasteiger partial charge is 0.337 e. The summed E-state index contributed by atoms with van der Waals surface area (Å²) < 4.78 is 7.07. The SMILES string of the molecule is O=C(c1cn(-c2ccc(-c3nc(C4CC4)no3)cn2)cn1)N1CCCC1. The summed E-state index contributed by atoms with van der Waals surface area (Å²) in [6.07, 6.45) is 9.43. The lowest BCUT2D eigenvalue weighted by Gasteiger charge is -2.12. The van der Waals surface area contributed by atoms with E-state index < -0.39 is 0 Å². The molecule has 0 unspecified atom stereocenters. The van der Waals surface area contributed by atoms with E-state index >= 15 is 0 Å². The standard InChI is InChI=1S/C18H18N6O2/c25-18(23-7-1-2-8-23)14-10-24(11-20-14)15-6-5-13(9-19-15)17-21-16(22-26-17)12-3-4-12/h5-6,9-12H,1-4,7-8H2. The quantitative estimate of drug-likeness (QED) is 0.718. The zero-order chi connectivity index (χ0) is 17.5. The first-order chi connectivity index (χ1) is 12.8. The number of imidazole rings is 1. The molecule has 0 atom stereocenters. The molecule has 132 valence electrons. The summed E-state index contributed by atoms with van der Waals surface area (Å²) in [7, 11) is 0. The summed E-state index contributed by atoms with van der Waals surface area (Å²) in [5.74, 6) is 2.39. The average Bonchev–Trinajstić information content (AvgIpc) is 3.15. The molecular formula is C18H18N6O2. The molecule has 0 bridgehead atoms. The van der Waals surface area contributed by atoms with E-state index in [-0.39, 0.29) is 5.91 Å². The normalized spacial score (nSPS) is 17.0. The van der Waals surface area contributed by atoms with Crippen molar-refractivity contribution in [3.63, 3.8) is 0 Å². The van der Waals surface area contributed by atoms with Gasteiger partial charge >= 0.3 is 0 Å². The van der Waals surface area contributed by atoms with Crippen LogP contribution in [0.3, 0.4) is 0 Å². The van der Waals surface area contributed by atoms with Crippen LogP contribution in [0.2, 0.25) is 0 Å². The van der Waals surface area contributed by atoms with Crippen LogP contribution in [-0.2, 0) is 0 Å². The molecule has 1 amide bonds. The topological polar surface area (TPSA) is 89.9 Å². The summed E-state index contributed by atoms with van der Waals surface area (Å²) in [5.41, 5.74) is 1.23. The Morgan fingerprint density at radius 2 is 2.00 bits per heavy atom. The van der Waals surface area contributed by atoms with Crippen molar-refractivity contribution in [2.45, 2.75) is 31.6 Å². The number of pyridine rings is 1. The number of hydrogen-bond donors (Lipinski definition) is 0. The van der Waals surface area contributed by atoms with Crippen molar-refractivity contribution in [2.75, 3.05) is 13.1 Å². The molecule has 3 aromatic rings. The first kappa shape index (κ1) is 15.2. The zero-order valence-corrected chi connectivity index (χ0v) is 14.2. The number of nitrogens with zero attached hydrogens (tertiary/aromatic N) is 6. The van der Waals surface area contributed by atoms with Crippen molar-refractivity contribution in [3.8, 4) is 17.3 Å². The Bertz CT molecular complexity index is 935. The second kappa shape index (κ2) is 6.05. The van der Waals surface area contributed by atoms with Crippen LogP contribution in [0, 0.1) is 0 Å². The van der Waals surface area contributed by atoms with E-state index in [1.165, 1.54) is 0 Å². The van der Waals surface area contributed by atoms with E-state index in [1.54, 1.807) is 23.3 Å². The van der Waals surface area contributed by atoms with Crippen LogP contribution in [0.15, 0.2) is 35.4 Å². The van der Waals surface area contributed by atoms with Gasteiger partial charge in [-0.05, 0) is 37.8 Å². The van der Waals surface area contributed by atoms with Crippen molar-refractivity contribution >= 4 is 5.91 Å². The van der Waals surface area contributed by atoms with Gasteiger partial charge in [0.2, 0.25) is 0 Å². The number of amides is 1. The van der Waals surface area contributed by atoms with Crippen LogP contribution in [0.1, 0.15) is 47.9 Å². The van der Waals surface area contributed by atoms with E-state index in [4.69, 9.17) is 4.52 Å². The van der Waals surface area contributed by atoms with Gasteiger partial charge in [-0.25, -0.2) is 9.97 Å².